The van der Waals surface area contributed by atoms with Gasteiger partial charge in [-0.3, -0.25) is 0 Å². The van der Waals surface area contributed by atoms with E-state index in [1.807, 2.05) is 18.4 Å². The van der Waals surface area contributed by atoms with Crippen molar-refractivity contribution in [1.82, 2.24) is 25.5 Å². The molecule has 0 amide bonds. The highest BCUT2D eigenvalue weighted by Gasteiger charge is 2.18. The maximum Gasteiger partial charge on any atom is 0.143 e. The summed E-state index contributed by atoms with van der Waals surface area (Å²) in [6, 6.07) is 8.50. The average Bonchev–Trinajstić information content (AvgIpc) is 3.03. The first-order valence-corrected chi connectivity index (χ1v) is 8.17. The number of hydrogen-bond donors (Lipinski definition) is 2. The summed E-state index contributed by atoms with van der Waals surface area (Å²) in [6.07, 6.45) is 3.59. The lowest BCUT2D eigenvalue weighted by molar-refractivity contribution is 0.272. The SMILES string of the molecule is CSC(CO)C(C)NC(C)c1cccc(-n2cnnn2)c1. The molecular weight excluding hydrogens is 286 g/mol. The topological polar surface area (TPSA) is 75.9 Å². The van der Waals surface area contributed by atoms with E-state index in [0.717, 1.165) is 11.3 Å². The molecule has 0 spiro atoms. The van der Waals surface area contributed by atoms with E-state index in [9.17, 15) is 5.11 Å². The Hall–Kier alpha value is -1.44. The zero-order valence-electron chi connectivity index (χ0n) is 12.5. The third-order valence-corrected chi connectivity index (χ3v) is 4.70. The predicted molar refractivity (Wildman–Crippen MR) is 84.6 cm³/mol. The van der Waals surface area contributed by atoms with Gasteiger partial charge in [0.1, 0.15) is 6.33 Å². The molecule has 0 saturated carbocycles. The van der Waals surface area contributed by atoms with Gasteiger partial charge in [-0.2, -0.15) is 11.8 Å². The number of aliphatic hydroxyl groups excluding tert-OH is 1. The molecule has 3 atom stereocenters. The molecule has 2 N–H and O–H groups in total. The van der Waals surface area contributed by atoms with Gasteiger partial charge in [-0.05, 0) is 48.2 Å². The van der Waals surface area contributed by atoms with Crippen LogP contribution < -0.4 is 5.32 Å². The summed E-state index contributed by atoms with van der Waals surface area (Å²) in [5.74, 6) is 0. The van der Waals surface area contributed by atoms with Gasteiger partial charge in [-0.15, -0.1) is 5.10 Å². The Morgan fingerprint density at radius 1 is 1.38 bits per heavy atom. The second kappa shape index (κ2) is 7.53. The predicted octanol–water partition coefficient (Wildman–Crippen LogP) is 1.43. The monoisotopic (exact) mass is 307 g/mol. The van der Waals surface area contributed by atoms with Crippen molar-refractivity contribution < 1.29 is 5.11 Å². The van der Waals surface area contributed by atoms with E-state index in [0.29, 0.717) is 0 Å². The average molecular weight is 307 g/mol. The summed E-state index contributed by atoms with van der Waals surface area (Å²) in [5.41, 5.74) is 2.09. The van der Waals surface area contributed by atoms with E-state index in [4.69, 9.17) is 0 Å². The fourth-order valence-corrected chi connectivity index (χ4v) is 2.89. The van der Waals surface area contributed by atoms with Crippen molar-refractivity contribution in [3.8, 4) is 5.69 Å². The van der Waals surface area contributed by atoms with Crippen LogP contribution in [0.1, 0.15) is 25.5 Å². The highest BCUT2D eigenvalue weighted by atomic mass is 32.2. The van der Waals surface area contributed by atoms with Gasteiger partial charge in [0.15, 0.2) is 0 Å². The number of benzene rings is 1. The highest BCUT2D eigenvalue weighted by molar-refractivity contribution is 7.99. The Bertz CT molecular complexity index is 544. The number of thioether (sulfide) groups is 1. The first-order valence-electron chi connectivity index (χ1n) is 6.88. The van der Waals surface area contributed by atoms with Crippen molar-refractivity contribution >= 4 is 11.8 Å². The van der Waals surface area contributed by atoms with E-state index < -0.39 is 0 Å². The van der Waals surface area contributed by atoms with Crippen LogP contribution >= 0.6 is 11.8 Å². The van der Waals surface area contributed by atoms with E-state index in [-0.39, 0.29) is 23.9 Å². The number of aromatic nitrogens is 4. The first kappa shape index (κ1) is 15.9. The zero-order chi connectivity index (χ0) is 15.2. The van der Waals surface area contributed by atoms with E-state index in [2.05, 4.69) is 46.8 Å². The molecule has 21 heavy (non-hydrogen) atoms. The Morgan fingerprint density at radius 2 is 2.19 bits per heavy atom. The van der Waals surface area contributed by atoms with Crippen LogP contribution in [0.3, 0.4) is 0 Å². The highest BCUT2D eigenvalue weighted by Crippen LogP contribution is 2.19. The molecule has 0 aliphatic heterocycles. The number of hydrogen-bond acceptors (Lipinski definition) is 6. The standard InChI is InChI=1S/C14H21N5OS/c1-10(16-11(2)14(8-20)21-3)12-5-4-6-13(7-12)19-9-15-17-18-19/h4-7,9-11,14,16,20H,8H2,1-3H3. The summed E-state index contributed by atoms with van der Waals surface area (Å²) >= 11 is 1.67. The van der Waals surface area contributed by atoms with Crippen LogP contribution in [0.15, 0.2) is 30.6 Å². The van der Waals surface area contributed by atoms with Crippen molar-refractivity contribution in [2.24, 2.45) is 0 Å². The van der Waals surface area contributed by atoms with E-state index >= 15 is 0 Å². The summed E-state index contributed by atoms with van der Waals surface area (Å²) in [7, 11) is 0. The van der Waals surface area contributed by atoms with Crippen LogP contribution in [0.25, 0.3) is 5.69 Å². The number of tetrazole rings is 1. The lowest BCUT2D eigenvalue weighted by Crippen LogP contribution is -2.38. The molecule has 1 aromatic carbocycles. The molecule has 114 valence electrons. The van der Waals surface area contributed by atoms with Gasteiger partial charge in [0.2, 0.25) is 0 Å². The maximum atomic E-state index is 9.36. The quantitative estimate of drug-likeness (QED) is 0.806. The first-order chi connectivity index (χ1) is 10.2. The third kappa shape index (κ3) is 4.03. The molecule has 1 aromatic heterocycles. The minimum atomic E-state index is 0.173. The van der Waals surface area contributed by atoms with Crippen LogP contribution in [0, 0.1) is 0 Å². The Labute approximate surface area is 128 Å². The molecule has 7 heteroatoms. The second-order valence-electron chi connectivity index (χ2n) is 4.98. The number of nitrogens with zero attached hydrogens (tertiary/aromatic N) is 4. The van der Waals surface area contributed by atoms with Crippen LogP contribution in [0.4, 0.5) is 0 Å². The number of aliphatic hydroxyl groups is 1. The molecule has 2 aromatic rings. The number of nitrogens with one attached hydrogen (secondary N) is 1. The van der Waals surface area contributed by atoms with Gasteiger partial charge < -0.3 is 10.4 Å². The summed E-state index contributed by atoms with van der Waals surface area (Å²) in [5, 5.41) is 24.3. The van der Waals surface area contributed by atoms with E-state index in [1.54, 1.807) is 22.8 Å². The molecule has 0 fully saturated rings. The second-order valence-corrected chi connectivity index (χ2v) is 6.06. The van der Waals surface area contributed by atoms with Crippen molar-refractivity contribution in [1.29, 1.82) is 0 Å². The van der Waals surface area contributed by atoms with Crippen LogP contribution in [-0.4, -0.2) is 49.5 Å². The fourth-order valence-electron chi connectivity index (χ4n) is 2.25. The van der Waals surface area contributed by atoms with Crippen molar-refractivity contribution in [3.05, 3.63) is 36.2 Å². The number of rotatable bonds is 7. The van der Waals surface area contributed by atoms with Gasteiger partial charge in [-0.25, -0.2) is 4.68 Å². The molecular formula is C14H21N5OS. The lowest BCUT2D eigenvalue weighted by atomic mass is 10.1. The van der Waals surface area contributed by atoms with Gasteiger partial charge in [0.25, 0.3) is 0 Å². The Balaban J connectivity index is 2.09. The third-order valence-electron chi connectivity index (χ3n) is 3.54. The van der Waals surface area contributed by atoms with Crippen molar-refractivity contribution in [2.45, 2.75) is 31.2 Å². The molecule has 0 bridgehead atoms. The van der Waals surface area contributed by atoms with Gasteiger partial charge in [-0.1, -0.05) is 12.1 Å². The molecule has 0 aliphatic carbocycles. The maximum absolute atomic E-state index is 9.36. The van der Waals surface area contributed by atoms with Gasteiger partial charge in [0.05, 0.1) is 12.3 Å². The Kier molecular flexibility index (Phi) is 5.72. The smallest absolute Gasteiger partial charge is 0.143 e. The largest absolute Gasteiger partial charge is 0.395 e. The van der Waals surface area contributed by atoms with Crippen molar-refractivity contribution in [2.75, 3.05) is 12.9 Å². The van der Waals surface area contributed by atoms with Crippen LogP contribution in [-0.2, 0) is 0 Å². The molecule has 0 aliphatic rings. The molecule has 1 heterocycles. The van der Waals surface area contributed by atoms with Crippen LogP contribution in [0.2, 0.25) is 0 Å². The van der Waals surface area contributed by atoms with E-state index in [1.165, 1.54) is 0 Å². The summed E-state index contributed by atoms with van der Waals surface area (Å²) in [4.78, 5) is 0. The van der Waals surface area contributed by atoms with Crippen molar-refractivity contribution in [3.63, 3.8) is 0 Å². The molecule has 0 radical (unpaired) electrons. The normalized spacial score (nSPS) is 15.6. The summed E-state index contributed by atoms with van der Waals surface area (Å²) in [6.45, 7) is 4.38. The molecule has 6 nitrogen and oxygen atoms in total. The van der Waals surface area contributed by atoms with Gasteiger partial charge >= 0.3 is 0 Å². The van der Waals surface area contributed by atoms with Crippen LogP contribution in [0.5, 0.6) is 0 Å². The molecule has 3 unspecified atom stereocenters. The lowest BCUT2D eigenvalue weighted by Gasteiger charge is -2.25. The zero-order valence-corrected chi connectivity index (χ0v) is 13.3. The minimum absolute atomic E-state index is 0.173. The minimum Gasteiger partial charge on any atom is -0.395 e. The molecule has 2 rings (SSSR count). The Morgan fingerprint density at radius 3 is 2.81 bits per heavy atom. The fraction of sp³-hybridized carbons (Fsp3) is 0.500. The molecule has 0 saturated heterocycles. The summed E-state index contributed by atoms with van der Waals surface area (Å²) < 4.78 is 1.64. The van der Waals surface area contributed by atoms with Gasteiger partial charge in [0, 0.05) is 17.3 Å².